The van der Waals surface area contributed by atoms with Gasteiger partial charge in [-0.1, -0.05) is 18.9 Å². The van der Waals surface area contributed by atoms with Gasteiger partial charge in [-0.3, -0.25) is 5.10 Å². The van der Waals surface area contributed by atoms with Gasteiger partial charge < -0.3 is 14.6 Å². The van der Waals surface area contributed by atoms with Crippen molar-refractivity contribution < 1.29 is 19.4 Å². The molecule has 142 valence electrons. The maximum Gasteiger partial charge on any atom is 0.342 e. The molecule has 2 rings (SSSR count). The molecular weight excluding hydrogens is 366 g/mol. The van der Waals surface area contributed by atoms with Crippen LogP contribution in [0.25, 0.3) is 6.08 Å². The molecule has 7 nitrogen and oxygen atoms in total. The van der Waals surface area contributed by atoms with Gasteiger partial charge >= 0.3 is 5.97 Å². The molecule has 0 unspecified atom stereocenters. The van der Waals surface area contributed by atoms with Crippen LogP contribution < -0.4 is 9.47 Å². The summed E-state index contributed by atoms with van der Waals surface area (Å²) in [5.41, 5.74) is 0.653. The number of aliphatic carboxylic acids is 1. The number of H-pyrrole nitrogens is 1. The lowest BCUT2D eigenvalue weighted by molar-refractivity contribution is -0.131. The number of hydrogen-bond donors (Lipinski definition) is 2. The van der Waals surface area contributed by atoms with Crippen molar-refractivity contribution in [2.45, 2.75) is 31.8 Å². The third-order valence-corrected chi connectivity index (χ3v) is 4.16. The summed E-state index contributed by atoms with van der Waals surface area (Å²) in [6.45, 7) is 4.45. The van der Waals surface area contributed by atoms with Crippen molar-refractivity contribution in [1.29, 1.82) is 0 Å². The van der Waals surface area contributed by atoms with E-state index in [1.54, 1.807) is 18.2 Å². The maximum atomic E-state index is 11.6. The molecule has 2 N–H and O–H groups in total. The second-order valence-corrected chi connectivity index (χ2v) is 6.37. The Bertz CT molecular complexity index is 855. The van der Waals surface area contributed by atoms with Crippen molar-refractivity contribution in [1.82, 2.24) is 15.2 Å². The number of ether oxygens (including phenoxy) is 2. The molecule has 0 aliphatic carbocycles. The number of nitrogens with zero attached hydrogens (tertiary/aromatic N) is 2. The van der Waals surface area contributed by atoms with Gasteiger partial charge in [-0.2, -0.15) is 0 Å². The average molecular weight is 387 g/mol. The van der Waals surface area contributed by atoms with E-state index in [0.717, 1.165) is 30.4 Å². The van der Waals surface area contributed by atoms with Crippen LogP contribution in [0.1, 0.15) is 31.7 Å². The smallest absolute Gasteiger partial charge is 0.342 e. The molecule has 0 aliphatic rings. The molecule has 1 aromatic heterocycles. The van der Waals surface area contributed by atoms with Crippen molar-refractivity contribution in [3.8, 4) is 23.8 Å². The minimum atomic E-state index is -1.06. The fourth-order valence-corrected chi connectivity index (χ4v) is 2.90. The number of terminal acetylenes is 1. The van der Waals surface area contributed by atoms with Gasteiger partial charge in [-0.05, 0) is 48.9 Å². The van der Waals surface area contributed by atoms with Crippen LogP contribution in [0.2, 0.25) is 0 Å². The Morgan fingerprint density at radius 3 is 2.85 bits per heavy atom. The fourth-order valence-electron chi connectivity index (χ4n) is 2.18. The van der Waals surface area contributed by atoms with Crippen LogP contribution in [0.3, 0.4) is 0 Å². The third-order valence-electron chi connectivity index (χ3n) is 3.29. The number of thioether (sulfide) groups is 1. The van der Waals surface area contributed by atoms with Crippen LogP contribution in [0.4, 0.5) is 0 Å². The lowest BCUT2D eigenvalue weighted by atomic mass is 10.2. The molecule has 0 radical (unpaired) electrons. The van der Waals surface area contributed by atoms with Gasteiger partial charge in [0.15, 0.2) is 11.5 Å². The minimum Gasteiger partial charge on any atom is -0.490 e. The fraction of sp³-hybridized carbons (Fsp3) is 0.316. The summed E-state index contributed by atoms with van der Waals surface area (Å²) in [4.78, 5) is 16.0. The highest BCUT2D eigenvalue weighted by Gasteiger charge is 2.14. The zero-order valence-corrected chi connectivity index (χ0v) is 16.0. The normalized spacial score (nSPS) is 11.1. The molecule has 1 heterocycles. The molecule has 0 atom stereocenters. The Morgan fingerprint density at radius 1 is 1.37 bits per heavy atom. The number of aromatic amines is 1. The molecule has 8 heteroatoms. The van der Waals surface area contributed by atoms with Crippen molar-refractivity contribution in [2.75, 3.05) is 13.2 Å². The number of benzene rings is 1. The number of nitrogens with one attached hydrogen (secondary N) is 1. The lowest BCUT2D eigenvalue weighted by Crippen LogP contribution is -2.00. The quantitative estimate of drug-likeness (QED) is 0.366. The Kier molecular flexibility index (Phi) is 7.77. The first-order valence-corrected chi connectivity index (χ1v) is 9.26. The summed E-state index contributed by atoms with van der Waals surface area (Å²) in [5, 5.41) is 16.7. The van der Waals surface area contributed by atoms with Crippen molar-refractivity contribution in [3.63, 3.8) is 0 Å². The molecular formula is C19H21N3O4S. The van der Waals surface area contributed by atoms with E-state index < -0.39 is 5.97 Å². The van der Waals surface area contributed by atoms with Gasteiger partial charge in [-0.15, -0.1) is 11.5 Å². The molecule has 0 bridgehead atoms. The highest BCUT2D eigenvalue weighted by molar-refractivity contribution is 8.04. The lowest BCUT2D eigenvalue weighted by Gasteiger charge is -2.11. The first-order valence-electron chi connectivity index (χ1n) is 8.44. The topological polar surface area (TPSA) is 97.3 Å². The predicted molar refractivity (Wildman–Crippen MR) is 104 cm³/mol. The monoisotopic (exact) mass is 387 g/mol. The number of aromatic nitrogens is 3. The number of hydrogen-bond acceptors (Lipinski definition) is 6. The molecule has 2 aromatic rings. The van der Waals surface area contributed by atoms with E-state index >= 15 is 0 Å². The first-order chi connectivity index (χ1) is 13.1. The van der Waals surface area contributed by atoms with Crippen molar-refractivity contribution in [3.05, 3.63) is 34.5 Å². The second-order valence-electron chi connectivity index (χ2n) is 5.36. The molecule has 27 heavy (non-hydrogen) atoms. The van der Waals surface area contributed by atoms with E-state index in [2.05, 4.69) is 21.1 Å². The Morgan fingerprint density at radius 2 is 2.19 bits per heavy atom. The summed E-state index contributed by atoms with van der Waals surface area (Å²) in [7, 11) is 0. The summed E-state index contributed by atoms with van der Waals surface area (Å²) in [6.07, 6.45) is 8.44. The highest BCUT2D eigenvalue weighted by atomic mass is 32.2. The molecule has 0 spiro atoms. The van der Waals surface area contributed by atoms with Crippen LogP contribution in [-0.4, -0.2) is 39.5 Å². The molecule has 0 amide bonds. The highest BCUT2D eigenvalue weighted by Crippen LogP contribution is 2.31. The van der Waals surface area contributed by atoms with Crippen LogP contribution in [0.5, 0.6) is 11.5 Å². The van der Waals surface area contributed by atoms with Gasteiger partial charge in [-0.25, -0.2) is 9.78 Å². The Hall–Kier alpha value is -2.92. The summed E-state index contributed by atoms with van der Waals surface area (Å²) >= 11 is 0.985. The van der Waals surface area contributed by atoms with Gasteiger partial charge in [0.1, 0.15) is 17.3 Å². The second kappa shape index (κ2) is 10.3. The van der Waals surface area contributed by atoms with E-state index in [1.165, 1.54) is 6.08 Å². The molecule has 0 aliphatic heterocycles. The molecule has 0 fully saturated rings. The van der Waals surface area contributed by atoms with Gasteiger partial charge in [0.25, 0.3) is 0 Å². The SMILES string of the molecule is C#CCOc1ccc(/C=C(\Sc2n[nH]c(CCC)n2)C(=O)O)cc1OCC. The molecule has 0 saturated heterocycles. The Labute approximate surface area is 162 Å². The molecule has 0 saturated carbocycles. The summed E-state index contributed by atoms with van der Waals surface area (Å²) in [6, 6.07) is 5.14. The van der Waals surface area contributed by atoms with E-state index in [4.69, 9.17) is 15.9 Å². The zero-order chi connectivity index (χ0) is 19.6. The minimum absolute atomic E-state index is 0.0943. The Balaban J connectivity index is 2.26. The average Bonchev–Trinajstić information content (AvgIpc) is 3.08. The predicted octanol–water partition coefficient (Wildman–Crippen LogP) is 3.39. The van der Waals surface area contributed by atoms with Crippen LogP contribution in [0, 0.1) is 12.3 Å². The van der Waals surface area contributed by atoms with Crippen LogP contribution in [0.15, 0.2) is 28.3 Å². The van der Waals surface area contributed by atoms with E-state index in [-0.39, 0.29) is 11.5 Å². The summed E-state index contributed by atoms with van der Waals surface area (Å²) in [5.74, 6) is 3.08. The number of carboxylic acid groups (broad SMARTS) is 1. The van der Waals surface area contributed by atoms with E-state index in [0.29, 0.717) is 28.8 Å². The number of rotatable bonds is 10. The van der Waals surface area contributed by atoms with E-state index in [9.17, 15) is 9.90 Å². The largest absolute Gasteiger partial charge is 0.490 e. The van der Waals surface area contributed by atoms with Crippen LogP contribution in [-0.2, 0) is 11.2 Å². The van der Waals surface area contributed by atoms with Gasteiger partial charge in [0, 0.05) is 6.42 Å². The van der Waals surface area contributed by atoms with Crippen molar-refractivity contribution >= 4 is 23.8 Å². The van der Waals surface area contributed by atoms with Crippen molar-refractivity contribution in [2.24, 2.45) is 0 Å². The van der Waals surface area contributed by atoms with E-state index in [1.807, 2.05) is 13.8 Å². The number of carboxylic acids is 1. The third kappa shape index (κ3) is 6.08. The standard InChI is InChI=1S/C19H21N3O4S/c1-4-7-17-20-19(22-21-17)27-16(18(23)24)12-13-8-9-14(26-10-5-2)15(11-13)25-6-3/h2,8-9,11-12H,4,6-7,10H2,1,3H3,(H,23,24)(H,20,21,22)/b16-12-. The van der Waals surface area contributed by atoms with Gasteiger partial charge in [0.05, 0.1) is 6.61 Å². The van der Waals surface area contributed by atoms with Crippen LogP contribution >= 0.6 is 11.8 Å². The van der Waals surface area contributed by atoms with Gasteiger partial charge in [0.2, 0.25) is 5.16 Å². The number of carbonyl (C=O) groups is 1. The maximum absolute atomic E-state index is 11.6. The number of aryl methyl sites for hydroxylation is 1. The first kappa shape index (κ1) is 20.4. The summed E-state index contributed by atoms with van der Waals surface area (Å²) < 4.78 is 11.0. The molecule has 1 aromatic carbocycles. The zero-order valence-electron chi connectivity index (χ0n) is 15.2.